The predicted molar refractivity (Wildman–Crippen MR) is 102 cm³/mol. The molecule has 0 aliphatic carbocycles. The van der Waals surface area contributed by atoms with E-state index in [0.717, 1.165) is 19.1 Å². The fourth-order valence-corrected chi connectivity index (χ4v) is 3.24. The smallest absolute Gasteiger partial charge is 0.203 e. The van der Waals surface area contributed by atoms with Crippen molar-refractivity contribution in [1.29, 1.82) is 0 Å². The maximum atomic E-state index is 12.0. The Balaban J connectivity index is 2.63. The van der Waals surface area contributed by atoms with Crippen molar-refractivity contribution in [2.24, 2.45) is 0 Å². The number of hydrogen-bond acceptors (Lipinski definition) is 5. The van der Waals surface area contributed by atoms with Gasteiger partial charge in [0.2, 0.25) is 5.75 Å². The molecule has 2 rings (SSSR count). The second kappa shape index (κ2) is 9.64. The van der Waals surface area contributed by atoms with Crippen LogP contribution >= 0.6 is 23.2 Å². The van der Waals surface area contributed by atoms with Crippen LogP contribution in [-0.4, -0.2) is 32.1 Å². The number of pyridine rings is 1. The van der Waals surface area contributed by atoms with Gasteiger partial charge in [-0.2, -0.15) is 0 Å². The van der Waals surface area contributed by atoms with Gasteiger partial charge in [-0.3, -0.25) is 4.98 Å². The van der Waals surface area contributed by atoms with Gasteiger partial charge in [-0.25, -0.2) is 0 Å². The van der Waals surface area contributed by atoms with Crippen molar-refractivity contribution in [3.63, 3.8) is 0 Å². The topological polar surface area (TPSA) is 57.7 Å². The maximum Gasteiger partial charge on any atom is 0.203 e. The number of unbranched alkanes of at least 4 members (excludes halogenated alkanes) is 1. The number of carbonyl (C=O) groups is 1. The van der Waals surface area contributed by atoms with E-state index in [9.17, 15) is 4.79 Å². The molecule has 0 spiro atoms. The summed E-state index contributed by atoms with van der Waals surface area (Å²) in [5.74, 6) is 0.657. The molecule has 1 unspecified atom stereocenters. The Morgan fingerprint density at radius 3 is 2.35 bits per heavy atom. The first-order chi connectivity index (χ1) is 12.6. The highest BCUT2D eigenvalue weighted by atomic mass is 35.5. The summed E-state index contributed by atoms with van der Waals surface area (Å²) in [6.07, 6.45) is 5.53. The number of halogens is 2. The van der Waals surface area contributed by atoms with Gasteiger partial charge in [0.05, 0.1) is 36.8 Å². The molecule has 1 atom stereocenters. The molecule has 0 amide bonds. The van der Waals surface area contributed by atoms with Gasteiger partial charge in [-0.05, 0) is 12.5 Å². The Labute approximate surface area is 163 Å². The van der Waals surface area contributed by atoms with Crippen LogP contribution in [0.25, 0.3) is 0 Å². The monoisotopic (exact) mass is 397 g/mol. The first kappa shape index (κ1) is 20.3. The molecule has 0 bridgehead atoms. The molecule has 5 nitrogen and oxygen atoms in total. The number of nitrogens with zero attached hydrogens (tertiary/aromatic N) is 1. The molecule has 0 saturated heterocycles. The van der Waals surface area contributed by atoms with Gasteiger partial charge in [-0.15, -0.1) is 0 Å². The Kier molecular flexibility index (Phi) is 7.54. The Morgan fingerprint density at radius 1 is 1.12 bits per heavy atom. The van der Waals surface area contributed by atoms with Crippen LogP contribution < -0.4 is 14.2 Å². The summed E-state index contributed by atoms with van der Waals surface area (Å²) in [5.41, 5.74) is 1.08. The molecular formula is C19H21Cl2NO4. The highest BCUT2D eigenvalue weighted by molar-refractivity contribution is 6.36. The van der Waals surface area contributed by atoms with Crippen LogP contribution in [0.4, 0.5) is 0 Å². The van der Waals surface area contributed by atoms with Crippen molar-refractivity contribution < 1.29 is 19.0 Å². The Hall–Kier alpha value is -1.98. The van der Waals surface area contributed by atoms with Gasteiger partial charge < -0.3 is 19.0 Å². The van der Waals surface area contributed by atoms with Crippen LogP contribution in [0.15, 0.2) is 24.5 Å². The van der Waals surface area contributed by atoms with Gasteiger partial charge in [-0.1, -0.05) is 42.6 Å². The summed E-state index contributed by atoms with van der Waals surface area (Å²) in [6, 6.07) is 3.48. The quantitative estimate of drug-likeness (QED) is 0.444. The molecule has 1 aromatic heterocycles. The summed E-state index contributed by atoms with van der Waals surface area (Å²) < 4.78 is 16.8. The number of benzene rings is 1. The highest BCUT2D eigenvalue weighted by Gasteiger charge is 2.27. The number of hydrogen-bond donors (Lipinski definition) is 0. The molecule has 0 aliphatic rings. The normalized spacial score (nSPS) is 11.7. The van der Waals surface area contributed by atoms with E-state index in [0.29, 0.717) is 45.0 Å². The zero-order chi connectivity index (χ0) is 19.1. The van der Waals surface area contributed by atoms with E-state index in [2.05, 4.69) is 11.9 Å². The minimum absolute atomic E-state index is 0.309. The third-order valence-electron chi connectivity index (χ3n) is 3.95. The number of rotatable bonds is 9. The second-order valence-corrected chi connectivity index (χ2v) is 6.37. The van der Waals surface area contributed by atoms with Crippen molar-refractivity contribution in [3.05, 3.63) is 45.7 Å². The van der Waals surface area contributed by atoms with Gasteiger partial charge in [0, 0.05) is 23.5 Å². The van der Waals surface area contributed by atoms with E-state index in [1.807, 2.05) is 0 Å². The van der Waals surface area contributed by atoms with E-state index < -0.39 is 5.92 Å². The lowest BCUT2D eigenvalue weighted by Gasteiger charge is -2.21. The molecule has 2 aromatic rings. The maximum absolute atomic E-state index is 12.0. The van der Waals surface area contributed by atoms with E-state index in [1.165, 1.54) is 19.5 Å². The van der Waals surface area contributed by atoms with Crippen molar-refractivity contribution in [1.82, 2.24) is 4.98 Å². The molecular weight excluding hydrogens is 377 g/mol. The minimum atomic E-state index is -0.727. The van der Waals surface area contributed by atoms with Gasteiger partial charge in [0.1, 0.15) is 6.29 Å². The van der Waals surface area contributed by atoms with Crippen molar-refractivity contribution >= 4 is 29.5 Å². The average Bonchev–Trinajstić information content (AvgIpc) is 2.64. The molecule has 1 heterocycles. The lowest BCUT2D eigenvalue weighted by molar-refractivity contribution is -0.108. The molecule has 0 fully saturated rings. The van der Waals surface area contributed by atoms with Crippen LogP contribution in [0, 0.1) is 0 Å². The number of aromatic nitrogens is 1. The summed E-state index contributed by atoms with van der Waals surface area (Å²) in [5, 5.41) is 0.618. The molecule has 7 heteroatoms. The molecule has 0 aliphatic heterocycles. The first-order valence-electron chi connectivity index (χ1n) is 8.20. The molecule has 1 aromatic carbocycles. The molecule has 26 heavy (non-hydrogen) atoms. The van der Waals surface area contributed by atoms with E-state index in [-0.39, 0.29) is 0 Å². The van der Waals surface area contributed by atoms with Crippen LogP contribution in [0.2, 0.25) is 10.0 Å². The average molecular weight is 398 g/mol. The van der Waals surface area contributed by atoms with Crippen LogP contribution in [0.5, 0.6) is 17.2 Å². The summed E-state index contributed by atoms with van der Waals surface area (Å²) in [6.45, 7) is 2.55. The van der Waals surface area contributed by atoms with E-state index >= 15 is 0 Å². The van der Waals surface area contributed by atoms with Crippen molar-refractivity contribution in [2.75, 3.05) is 20.8 Å². The number of carbonyl (C=O) groups excluding carboxylic acids is 1. The largest absolute Gasteiger partial charge is 0.493 e. The number of aldehydes is 1. The minimum Gasteiger partial charge on any atom is -0.493 e. The summed E-state index contributed by atoms with van der Waals surface area (Å²) in [7, 11) is 3.07. The third kappa shape index (κ3) is 4.22. The lowest BCUT2D eigenvalue weighted by Crippen LogP contribution is -2.10. The number of methoxy groups -OCH3 is 2. The predicted octanol–water partition coefficient (Wildman–Crippen LogP) is 4.92. The zero-order valence-electron chi connectivity index (χ0n) is 14.9. The van der Waals surface area contributed by atoms with Crippen LogP contribution in [0.1, 0.15) is 36.8 Å². The van der Waals surface area contributed by atoms with Crippen molar-refractivity contribution in [3.8, 4) is 17.2 Å². The highest BCUT2D eigenvalue weighted by Crippen LogP contribution is 2.45. The van der Waals surface area contributed by atoms with Crippen molar-refractivity contribution in [2.45, 2.75) is 25.7 Å². The Bertz CT molecular complexity index is 747. The SMILES string of the molecule is CCCCOc1c(C(C=O)c2c(Cl)cncc2Cl)ccc(OC)c1OC. The molecule has 0 saturated carbocycles. The molecule has 0 radical (unpaired) electrons. The van der Waals surface area contributed by atoms with E-state index in [1.54, 1.807) is 19.2 Å². The molecule has 0 N–H and O–H groups in total. The van der Waals surface area contributed by atoms with Gasteiger partial charge in [0.25, 0.3) is 0 Å². The fraction of sp³-hybridized carbons (Fsp3) is 0.368. The Morgan fingerprint density at radius 2 is 1.81 bits per heavy atom. The van der Waals surface area contributed by atoms with Crippen LogP contribution in [0.3, 0.4) is 0 Å². The van der Waals surface area contributed by atoms with Gasteiger partial charge >= 0.3 is 0 Å². The first-order valence-corrected chi connectivity index (χ1v) is 8.96. The molecule has 140 valence electrons. The van der Waals surface area contributed by atoms with Crippen LogP contribution in [-0.2, 0) is 4.79 Å². The summed E-state index contributed by atoms with van der Waals surface area (Å²) >= 11 is 12.5. The third-order valence-corrected chi connectivity index (χ3v) is 4.55. The van der Waals surface area contributed by atoms with Gasteiger partial charge in [0.15, 0.2) is 11.5 Å². The lowest BCUT2D eigenvalue weighted by atomic mass is 9.92. The zero-order valence-corrected chi connectivity index (χ0v) is 16.4. The standard InChI is InChI=1S/C19H21Cl2NO4/c1-4-5-8-26-18-12(6-7-16(24-2)19(18)25-3)13(11-23)17-14(20)9-22-10-15(17)21/h6-7,9-11,13H,4-5,8H2,1-3H3. The fourth-order valence-electron chi connectivity index (χ4n) is 2.64. The number of ether oxygens (including phenoxy) is 3. The second-order valence-electron chi connectivity index (χ2n) is 5.55. The van der Waals surface area contributed by atoms with E-state index in [4.69, 9.17) is 37.4 Å². The summed E-state index contributed by atoms with van der Waals surface area (Å²) in [4.78, 5) is 15.9.